The molecule has 0 amide bonds. The molecule has 2 aromatic rings. The molecule has 1 N–H and O–H groups in total. The highest BCUT2D eigenvalue weighted by molar-refractivity contribution is 6.42. The van der Waals surface area contributed by atoms with Crippen molar-refractivity contribution in [3.8, 4) is 5.75 Å². The Hall–Kier alpha value is -1.16. The summed E-state index contributed by atoms with van der Waals surface area (Å²) in [5, 5.41) is 3.94. The Kier molecular flexibility index (Phi) is 4.53. The van der Waals surface area contributed by atoms with E-state index in [2.05, 4.69) is 5.32 Å². The van der Waals surface area contributed by atoms with E-state index in [4.69, 9.17) is 32.4 Å². The SMILES string of the molecule is CNCc1occc1COc1cccc(Cl)c1Cl. The minimum atomic E-state index is 0.396. The number of rotatable bonds is 5. The third-order valence-electron chi connectivity index (χ3n) is 2.47. The summed E-state index contributed by atoms with van der Waals surface area (Å²) in [5.74, 6) is 1.43. The van der Waals surface area contributed by atoms with E-state index in [-0.39, 0.29) is 0 Å². The van der Waals surface area contributed by atoms with E-state index < -0.39 is 0 Å². The number of ether oxygens (including phenoxy) is 1. The lowest BCUT2D eigenvalue weighted by Gasteiger charge is -2.08. The summed E-state index contributed by atoms with van der Waals surface area (Å²) in [6.45, 7) is 1.06. The summed E-state index contributed by atoms with van der Waals surface area (Å²) in [6, 6.07) is 7.19. The molecule has 0 spiro atoms. The fourth-order valence-corrected chi connectivity index (χ4v) is 1.91. The van der Waals surface area contributed by atoms with Gasteiger partial charge in [0.1, 0.15) is 23.1 Å². The molecule has 5 heteroatoms. The van der Waals surface area contributed by atoms with Gasteiger partial charge >= 0.3 is 0 Å². The van der Waals surface area contributed by atoms with Gasteiger partial charge in [0.2, 0.25) is 0 Å². The Bertz CT molecular complexity index is 525. The summed E-state index contributed by atoms with van der Waals surface area (Å²) < 4.78 is 11.0. The topological polar surface area (TPSA) is 34.4 Å². The zero-order chi connectivity index (χ0) is 13.0. The Morgan fingerprint density at radius 1 is 1.28 bits per heavy atom. The molecule has 0 bridgehead atoms. The zero-order valence-electron chi connectivity index (χ0n) is 9.87. The van der Waals surface area contributed by atoms with Gasteiger partial charge in [0.25, 0.3) is 0 Å². The molecule has 0 aliphatic heterocycles. The van der Waals surface area contributed by atoms with E-state index >= 15 is 0 Å². The number of hydrogen-bond donors (Lipinski definition) is 1. The van der Waals surface area contributed by atoms with Crippen molar-refractivity contribution in [1.82, 2.24) is 5.32 Å². The second kappa shape index (κ2) is 6.14. The van der Waals surface area contributed by atoms with Gasteiger partial charge in [-0.2, -0.15) is 0 Å². The van der Waals surface area contributed by atoms with E-state index in [0.717, 1.165) is 11.3 Å². The van der Waals surface area contributed by atoms with Gasteiger partial charge < -0.3 is 14.5 Å². The number of furan rings is 1. The third-order valence-corrected chi connectivity index (χ3v) is 3.28. The lowest BCUT2D eigenvalue weighted by molar-refractivity contribution is 0.302. The normalized spacial score (nSPS) is 10.6. The number of nitrogens with one attached hydrogen (secondary N) is 1. The largest absolute Gasteiger partial charge is 0.487 e. The molecule has 3 nitrogen and oxygen atoms in total. The Balaban J connectivity index is 2.07. The standard InChI is InChI=1S/C13H13Cl2NO2/c1-16-7-12-9(5-6-17-12)8-18-11-4-2-3-10(14)13(11)15/h2-6,16H,7-8H2,1H3. The van der Waals surface area contributed by atoms with Crippen molar-refractivity contribution in [3.63, 3.8) is 0 Å². The predicted molar refractivity (Wildman–Crippen MR) is 72.3 cm³/mol. The second-order valence-electron chi connectivity index (χ2n) is 3.74. The fourth-order valence-electron chi connectivity index (χ4n) is 1.56. The van der Waals surface area contributed by atoms with Gasteiger partial charge in [-0.25, -0.2) is 0 Å². The third kappa shape index (κ3) is 2.99. The minimum absolute atomic E-state index is 0.396. The van der Waals surface area contributed by atoms with Gasteiger partial charge in [0.15, 0.2) is 0 Å². The molecular formula is C13H13Cl2NO2. The summed E-state index contributed by atoms with van der Waals surface area (Å²) in [6.07, 6.45) is 1.64. The van der Waals surface area contributed by atoms with Crippen LogP contribution < -0.4 is 10.1 Å². The van der Waals surface area contributed by atoms with Crippen molar-refractivity contribution in [3.05, 3.63) is 51.9 Å². The maximum absolute atomic E-state index is 6.04. The van der Waals surface area contributed by atoms with Crippen molar-refractivity contribution < 1.29 is 9.15 Å². The molecule has 1 aromatic carbocycles. The molecular weight excluding hydrogens is 273 g/mol. The lowest BCUT2D eigenvalue weighted by Crippen LogP contribution is -2.07. The van der Waals surface area contributed by atoms with Crippen LogP contribution in [-0.4, -0.2) is 7.05 Å². The maximum Gasteiger partial charge on any atom is 0.139 e. The van der Waals surface area contributed by atoms with E-state index in [1.165, 1.54) is 0 Å². The van der Waals surface area contributed by atoms with E-state index in [0.29, 0.717) is 28.9 Å². The van der Waals surface area contributed by atoms with Gasteiger partial charge in [-0.15, -0.1) is 0 Å². The molecule has 0 unspecified atom stereocenters. The van der Waals surface area contributed by atoms with Gasteiger partial charge in [-0.1, -0.05) is 29.3 Å². The molecule has 0 fully saturated rings. The highest BCUT2D eigenvalue weighted by Crippen LogP contribution is 2.32. The Morgan fingerprint density at radius 3 is 2.89 bits per heavy atom. The molecule has 0 saturated heterocycles. The van der Waals surface area contributed by atoms with Gasteiger partial charge in [0, 0.05) is 5.56 Å². The summed E-state index contributed by atoms with van der Waals surface area (Å²) in [5.41, 5.74) is 0.986. The van der Waals surface area contributed by atoms with Crippen LogP contribution in [0.25, 0.3) is 0 Å². The van der Waals surface area contributed by atoms with Gasteiger partial charge in [-0.05, 0) is 25.2 Å². The monoisotopic (exact) mass is 285 g/mol. The molecule has 1 aromatic heterocycles. The van der Waals surface area contributed by atoms with Crippen LogP contribution in [-0.2, 0) is 13.2 Å². The number of hydrogen-bond acceptors (Lipinski definition) is 3. The molecule has 0 aliphatic carbocycles. The molecule has 1 heterocycles. The van der Waals surface area contributed by atoms with Crippen LogP contribution in [0.15, 0.2) is 34.9 Å². The van der Waals surface area contributed by atoms with Crippen molar-refractivity contribution in [2.24, 2.45) is 0 Å². The molecule has 0 radical (unpaired) electrons. The van der Waals surface area contributed by atoms with Crippen molar-refractivity contribution in [1.29, 1.82) is 0 Å². The zero-order valence-corrected chi connectivity index (χ0v) is 11.4. The molecule has 96 valence electrons. The predicted octanol–water partition coefficient (Wildman–Crippen LogP) is 3.88. The van der Waals surface area contributed by atoms with E-state index in [1.54, 1.807) is 24.5 Å². The van der Waals surface area contributed by atoms with Gasteiger partial charge in [0.05, 0.1) is 17.8 Å². The van der Waals surface area contributed by atoms with Crippen LogP contribution in [0.1, 0.15) is 11.3 Å². The fraction of sp³-hybridized carbons (Fsp3) is 0.231. The van der Waals surface area contributed by atoms with Crippen molar-refractivity contribution in [2.75, 3.05) is 7.05 Å². The quantitative estimate of drug-likeness (QED) is 0.905. The average Bonchev–Trinajstić information content (AvgIpc) is 2.79. The first-order valence-corrected chi connectivity index (χ1v) is 6.24. The average molecular weight is 286 g/mol. The van der Waals surface area contributed by atoms with Crippen molar-refractivity contribution in [2.45, 2.75) is 13.2 Å². The van der Waals surface area contributed by atoms with Crippen LogP contribution in [0, 0.1) is 0 Å². The Morgan fingerprint density at radius 2 is 2.11 bits per heavy atom. The highest BCUT2D eigenvalue weighted by Gasteiger charge is 2.09. The second-order valence-corrected chi connectivity index (χ2v) is 4.53. The van der Waals surface area contributed by atoms with Crippen LogP contribution in [0.3, 0.4) is 0 Å². The molecule has 0 saturated carbocycles. The van der Waals surface area contributed by atoms with E-state index in [1.807, 2.05) is 13.1 Å². The first-order chi connectivity index (χ1) is 8.72. The number of halogens is 2. The maximum atomic E-state index is 6.04. The lowest BCUT2D eigenvalue weighted by atomic mass is 10.2. The molecule has 18 heavy (non-hydrogen) atoms. The Labute approximate surface area is 116 Å². The molecule has 2 rings (SSSR count). The summed E-state index contributed by atoms with van der Waals surface area (Å²) in [4.78, 5) is 0. The number of benzene rings is 1. The first kappa shape index (κ1) is 13.3. The summed E-state index contributed by atoms with van der Waals surface area (Å²) in [7, 11) is 1.86. The molecule has 0 atom stereocenters. The van der Waals surface area contributed by atoms with Crippen LogP contribution in [0.5, 0.6) is 5.75 Å². The van der Waals surface area contributed by atoms with Crippen LogP contribution in [0.2, 0.25) is 10.0 Å². The van der Waals surface area contributed by atoms with Gasteiger partial charge in [-0.3, -0.25) is 0 Å². The highest BCUT2D eigenvalue weighted by atomic mass is 35.5. The minimum Gasteiger partial charge on any atom is -0.487 e. The summed E-state index contributed by atoms with van der Waals surface area (Å²) >= 11 is 12.0. The molecule has 0 aliphatic rings. The van der Waals surface area contributed by atoms with Crippen LogP contribution >= 0.6 is 23.2 Å². The smallest absolute Gasteiger partial charge is 0.139 e. The first-order valence-electron chi connectivity index (χ1n) is 5.49. The van der Waals surface area contributed by atoms with Crippen molar-refractivity contribution >= 4 is 23.2 Å². The van der Waals surface area contributed by atoms with E-state index in [9.17, 15) is 0 Å². The van der Waals surface area contributed by atoms with Crippen LogP contribution in [0.4, 0.5) is 0 Å².